The van der Waals surface area contributed by atoms with Crippen LogP contribution in [0.3, 0.4) is 0 Å². The van der Waals surface area contributed by atoms with Crippen LogP contribution < -0.4 is 11.1 Å². The third kappa shape index (κ3) is 2.44. The summed E-state index contributed by atoms with van der Waals surface area (Å²) >= 11 is 0. The smallest absolute Gasteiger partial charge is 0.301 e. The van der Waals surface area contributed by atoms with Crippen LogP contribution in [0.2, 0.25) is 0 Å². The lowest BCUT2D eigenvalue weighted by Gasteiger charge is -1.90. The van der Waals surface area contributed by atoms with Gasteiger partial charge in [0.2, 0.25) is 0 Å². The van der Waals surface area contributed by atoms with Crippen LogP contribution in [-0.2, 0) is 0 Å². The van der Waals surface area contributed by atoms with Gasteiger partial charge in [-0.15, -0.1) is 12.3 Å². The van der Waals surface area contributed by atoms with Gasteiger partial charge >= 0.3 is 5.96 Å². The average Bonchev–Trinajstić information content (AvgIpc) is 2.37. The van der Waals surface area contributed by atoms with Crippen molar-refractivity contribution in [2.45, 2.75) is 19.3 Å². The Morgan fingerprint density at radius 1 is 1.73 bits per heavy atom. The fourth-order valence-electron chi connectivity index (χ4n) is 0.933. The molecule has 1 rings (SSSR count). The molecule has 0 aromatic carbocycles. The number of terminal acetylenes is 1. The van der Waals surface area contributed by atoms with E-state index in [1.165, 1.54) is 0 Å². The van der Waals surface area contributed by atoms with E-state index >= 15 is 0 Å². The van der Waals surface area contributed by atoms with Crippen molar-refractivity contribution in [3.05, 3.63) is 11.9 Å². The summed E-state index contributed by atoms with van der Waals surface area (Å²) in [5, 5.41) is 1.81. The molecule has 0 spiro atoms. The van der Waals surface area contributed by atoms with Crippen molar-refractivity contribution in [2.24, 2.45) is 10.7 Å². The molecule has 1 aliphatic heterocycles. The van der Waals surface area contributed by atoms with Gasteiger partial charge in [-0.05, 0) is 12.8 Å². The number of nitrogens with two attached hydrogens (primary N) is 2. The highest BCUT2D eigenvalue weighted by Crippen LogP contribution is 2.07. The minimum atomic E-state index is 0.598. The van der Waals surface area contributed by atoms with E-state index in [1.807, 2.05) is 11.5 Å². The molecule has 0 fully saturated rings. The largest absolute Gasteiger partial charge is 0.337 e. The van der Waals surface area contributed by atoms with Gasteiger partial charge in [0.1, 0.15) is 11.9 Å². The third-order valence-electron chi connectivity index (χ3n) is 1.47. The Kier molecular flexibility index (Phi) is 2.70. The molecule has 0 saturated carbocycles. The maximum Gasteiger partial charge on any atom is 0.301 e. The van der Waals surface area contributed by atoms with Crippen molar-refractivity contribution < 1.29 is 5.32 Å². The van der Waals surface area contributed by atoms with Crippen molar-refractivity contribution in [3.63, 3.8) is 0 Å². The molecule has 0 aliphatic carbocycles. The molecule has 0 amide bonds. The van der Waals surface area contributed by atoms with E-state index in [0.717, 1.165) is 25.0 Å². The monoisotopic (exact) mass is 150 g/mol. The molecular formula is C8H12N3+. The maximum atomic E-state index is 5.43. The van der Waals surface area contributed by atoms with Crippen LogP contribution in [0.4, 0.5) is 0 Å². The van der Waals surface area contributed by atoms with Crippen molar-refractivity contribution in [3.8, 4) is 12.3 Å². The van der Waals surface area contributed by atoms with Gasteiger partial charge in [0.05, 0.1) is 0 Å². The first-order valence-corrected chi connectivity index (χ1v) is 3.64. The lowest BCUT2D eigenvalue weighted by atomic mass is 10.2. The number of rotatable bonds is 3. The Bertz CT molecular complexity index is 232. The summed E-state index contributed by atoms with van der Waals surface area (Å²) in [5.41, 5.74) is 6.47. The second kappa shape index (κ2) is 3.79. The topological polar surface area (TPSA) is 55.0 Å². The van der Waals surface area contributed by atoms with E-state index < -0.39 is 0 Å². The number of quaternary nitrogens is 1. The highest BCUT2D eigenvalue weighted by molar-refractivity contribution is 5.70. The molecule has 0 unspecified atom stereocenters. The molecule has 0 radical (unpaired) electrons. The molecular weight excluding hydrogens is 138 g/mol. The number of guanidine groups is 1. The Morgan fingerprint density at radius 2 is 2.55 bits per heavy atom. The minimum Gasteiger partial charge on any atom is -0.337 e. The zero-order chi connectivity index (χ0) is 8.10. The molecule has 0 bridgehead atoms. The van der Waals surface area contributed by atoms with Crippen LogP contribution in [0, 0.1) is 12.3 Å². The first-order chi connectivity index (χ1) is 5.33. The number of unbranched alkanes of at least 4 members (excludes halogenated alkanes) is 1. The first kappa shape index (κ1) is 7.83. The molecule has 0 aromatic heterocycles. The lowest BCUT2D eigenvalue weighted by molar-refractivity contribution is -0.460. The van der Waals surface area contributed by atoms with Gasteiger partial charge in [-0.3, -0.25) is 5.32 Å². The zero-order valence-corrected chi connectivity index (χ0v) is 6.38. The molecule has 0 atom stereocenters. The molecule has 11 heavy (non-hydrogen) atoms. The molecule has 1 aliphatic rings. The fraction of sp³-hybridized carbons (Fsp3) is 0.375. The lowest BCUT2D eigenvalue weighted by Crippen LogP contribution is -2.83. The summed E-state index contributed by atoms with van der Waals surface area (Å²) in [7, 11) is 0. The molecule has 58 valence electrons. The Morgan fingerprint density at radius 3 is 3.09 bits per heavy atom. The van der Waals surface area contributed by atoms with E-state index in [9.17, 15) is 0 Å². The number of hydrogen-bond donors (Lipinski definition) is 2. The second-order valence-electron chi connectivity index (χ2n) is 2.42. The summed E-state index contributed by atoms with van der Waals surface area (Å²) in [4.78, 5) is 4.09. The Labute approximate surface area is 66.4 Å². The summed E-state index contributed by atoms with van der Waals surface area (Å²) in [5.74, 6) is 3.18. The van der Waals surface area contributed by atoms with Crippen LogP contribution in [0.15, 0.2) is 16.9 Å². The average molecular weight is 150 g/mol. The van der Waals surface area contributed by atoms with Gasteiger partial charge in [-0.2, -0.15) is 4.99 Å². The third-order valence-corrected chi connectivity index (χ3v) is 1.47. The quantitative estimate of drug-likeness (QED) is 0.414. The predicted octanol–water partition coefficient (Wildman–Crippen LogP) is -0.477. The van der Waals surface area contributed by atoms with E-state index in [-0.39, 0.29) is 0 Å². The van der Waals surface area contributed by atoms with Crippen LogP contribution in [-0.4, -0.2) is 5.96 Å². The summed E-state index contributed by atoms with van der Waals surface area (Å²) < 4.78 is 0. The van der Waals surface area contributed by atoms with Crippen LogP contribution >= 0.6 is 0 Å². The van der Waals surface area contributed by atoms with Crippen molar-refractivity contribution >= 4 is 5.96 Å². The fourth-order valence-corrected chi connectivity index (χ4v) is 0.933. The van der Waals surface area contributed by atoms with Gasteiger partial charge in [-0.25, -0.2) is 0 Å². The highest BCUT2D eigenvalue weighted by Gasteiger charge is 2.07. The minimum absolute atomic E-state index is 0.598. The normalized spacial score (nSPS) is 15.5. The van der Waals surface area contributed by atoms with Gasteiger partial charge < -0.3 is 5.73 Å². The predicted molar refractivity (Wildman–Crippen MR) is 44.3 cm³/mol. The van der Waals surface area contributed by atoms with Gasteiger partial charge in [-0.1, -0.05) is 0 Å². The Balaban J connectivity index is 2.24. The summed E-state index contributed by atoms with van der Waals surface area (Å²) in [6.07, 6.45) is 9.78. The number of allylic oxidation sites excluding steroid dienone is 1. The number of aliphatic imine (C=N–C) groups is 1. The van der Waals surface area contributed by atoms with Crippen molar-refractivity contribution in [2.75, 3.05) is 0 Å². The molecule has 0 aromatic rings. The summed E-state index contributed by atoms with van der Waals surface area (Å²) in [6.45, 7) is 0. The van der Waals surface area contributed by atoms with Gasteiger partial charge in [0.25, 0.3) is 0 Å². The van der Waals surface area contributed by atoms with Crippen LogP contribution in [0.1, 0.15) is 19.3 Å². The van der Waals surface area contributed by atoms with Crippen molar-refractivity contribution in [1.29, 1.82) is 0 Å². The molecule has 3 nitrogen and oxygen atoms in total. The molecule has 3 heteroatoms. The molecule has 0 saturated heterocycles. The second-order valence-corrected chi connectivity index (χ2v) is 2.42. The van der Waals surface area contributed by atoms with Crippen molar-refractivity contribution in [1.82, 2.24) is 0 Å². The SMILES string of the molecule is C#CCCCC1=C[NH2+]C(N)=N1. The van der Waals surface area contributed by atoms with E-state index in [4.69, 9.17) is 12.2 Å². The zero-order valence-electron chi connectivity index (χ0n) is 6.38. The first-order valence-electron chi connectivity index (χ1n) is 3.64. The van der Waals surface area contributed by atoms with E-state index in [2.05, 4.69) is 10.9 Å². The standard InChI is InChI=1S/C8H11N3/c1-2-3-4-5-7-6-10-8(9)11-7/h1,6H,3-5H2,(H3,9,10,11)/p+1. The summed E-state index contributed by atoms with van der Waals surface area (Å²) in [6, 6.07) is 0. The molecule has 4 N–H and O–H groups in total. The van der Waals surface area contributed by atoms with Gasteiger partial charge in [0.15, 0.2) is 0 Å². The highest BCUT2D eigenvalue weighted by atomic mass is 15.1. The number of hydrogen-bond acceptors (Lipinski definition) is 2. The van der Waals surface area contributed by atoms with Crippen LogP contribution in [0.5, 0.6) is 0 Å². The number of nitrogens with zero attached hydrogens (tertiary/aromatic N) is 1. The van der Waals surface area contributed by atoms with E-state index in [0.29, 0.717) is 5.96 Å². The van der Waals surface area contributed by atoms with Crippen LogP contribution in [0.25, 0.3) is 0 Å². The molecule has 1 heterocycles. The maximum absolute atomic E-state index is 5.43. The van der Waals surface area contributed by atoms with Gasteiger partial charge in [0, 0.05) is 6.42 Å². The van der Waals surface area contributed by atoms with E-state index in [1.54, 1.807) is 0 Å². The Hall–Kier alpha value is -1.27.